The maximum absolute atomic E-state index is 5.54. The number of benzene rings is 1. The molecule has 1 saturated carbocycles. The number of halogens is 1. The zero-order valence-electron chi connectivity index (χ0n) is 11.8. The first-order valence-electron chi connectivity index (χ1n) is 7.66. The maximum atomic E-state index is 5.54. The predicted octanol–water partition coefficient (Wildman–Crippen LogP) is 4.20. The summed E-state index contributed by atoms with van der Waals surface area (Å²) in [6, 6.07) is 7.14. The van der Waals surface area contributed by atoms with Crippen molar-refractivity contribution in [2.45, 2.75) is 51.0 Å². The molecule has 3 rings (SSSR count). The van der Waals surface area contributed by atoms with Crippen molar-refractivity contribution in [3.8, 4) is 0 Å². The Morgan fingerprint density at radius 3 is 2.75 bits per heavy atom. The molecule has 1 aliphatic carbocycles. The molecular weight excluding hydrogens is 314 g/mol. The summed E-state index contributed by atoms with van der Waals surface area (Å²) < 4.78 is 3.59. The van der Waals surface area contributed by atoms with Gasteiger partial charge in [0.2, 0.25) is 0 Å². The molecule has 1 aromatic carbocycles. The number of nitrogens with two attached hydrogens (primary N) is 1. The molecule has 4 heteroatoms. The Morgan fingerprint density at radius 2 is 2.00 bits per heavy atom. The van der Waals surface area contributed by atoms with Gasteiger partial charge in [-0.05, 0) is 50.4 Å². The van der Waals surface area contributed by atoms with Crippen LogP contribution in [-0.2, 0) is 6.42 Å². The molecule has 0 atom stereocenters. The fourth-order valence-corrected chi connectivity index (χ4v) is 3.17. The fraction of sp³-hybridized carbons (Fsp3) is 0.562. The summed E-state index contributed by atoms with van der Waals surface area (Å²) in [6.07, 6.45) is 8.57. The van der Waals surface area contributed by atoms with E-state index in [0.717, 1.165) is 29.4 Å². The minimum atomic E-state index is 0.695. The van der Waals surface area contributed by atoms with E-state index in [1.807, 2.05) is 0 Å². The molecule has 1 aromatic heterocycles. The van der Waals surface area contributed by atoms with Crippen molar-refractivity contribution in [2.75, 3.05) is 6.54 Å². The van der Waals surface area contributed by atoms with Crippen molar-refractivity contribution in [1.29, 1.82) is 0 Å². The number of rotatable bonds is 7. The van der Waals surface area contributed by atoms with Gasteiger partial charge < -0.3 is 10.3 Å². The molecule has 0 radical (unpaired) electrons. The molecule has 2 N–H and O–H groups in total. The summed E-state index contributed by atoms with van der Waals surface area (Å²) in [6.45, 7) is 0.814. The van der Waals surface area contributed by atoms with Gasteiger partial charge in [-0.3, -0.25) is 0 Å². The number of aryl methyl sites for hydroxylation is 1. The lowest BCUT2D eigenvalue weighted by Crippen LogP contribution is -2.02. The summed E-state index contributed by atoms with van der Waals surface area (Å²) in [5, 5.41) is 0. The van der Waals surface area contributed by atoms with Crippen LogP contribution in [0.15, 0.2) is 22.7 Å². The third kappa shape index (κ3) is 3.07. The van der Waals surface area contributed by atoms with Crippen LogP contribution in [0.4, 0.5) is 0 Å². The second-order valence-corrected chi connectivity index (χ2v) is 6.63. The Kier molecular flexibility index (Phi) is 4.41. The number of aromatic nitrogens is 2. The molecule has 0 saturated heterocycles. The van der Waals surface area contributed by atoms with Crippen LogP contribution in [-0.4, -0.2) is 16.1 Å². The van der Waals surface area contributed by atoms with Gasteiger partial charge in [0.05, 0.1) is 11.0 Å². The number of nitrogens with zero attached hydrogens (tertiary/aromatic N) is 2. The average Bonchev–Trinajstić information content (AvgIpc) is 3.20. The van der Waals surface area contributed by atoms with Gasteiger partial charge in [-0.25, -0.2) is 4.98 Å². The van der Waals surface area contributed by atoms with E-state index in [4.69, 9.17) is 10.7 Å². The first-order valence-corrected chi connectivity index (χ1v) is 8.45. The summed E-state index contributed by atoms with van der Waals surface area (Å²) in [5.41, 5.74) is 7.96. The van der Waals surface area contributed by atoms with Crippen molar-refractivity contribution in [3.05, 3.63) is 28.5 Å². The molecule has 0 spiro atoms. The van der Waals surface area contributed by atoms with Gasteiger partial charge in [0.15, 0.2) is 0 Å². The highest BCUT2D eigenvalue weighted by Gasteiger charge is 2.27. The molecule has 1 fully saturated rings. The second kappa shape index (κ2) is 6.27. The highest BCUT2D eigenvalue weighted by Crippen LogP contribution is 2.39. The third-order valence-corrected chi connectivity index (χ3v) is 4.48. The second-order valence-electron chi connectivity index (χ2n) is 5.72. The quantitative estimate of drug-likeness (QED) is 0.770. The lowest BCUT2D eigenvalue weighted by molar-refractivity contribution is 0.612. The zero-order valence-corrected chi connectivity index (χ0v) is 13.4. The minimum Gasteiger partial charge on any atom is -0.330 e. The van der Waals surface area contributed by atoms with Crippen LogP contribution in [0, 0.1) is 0 Å². The smallest absolute Gasteiger partial charge is 0.110 e. The Balaban J connectivity index is 1.77. The van der Waals surface area contributed by atoms with Crippen LogP contribution >= 0.6 is 15.9 Å². The van der Waals surface area contributed by atoms with Gasteiger partial charge in [-0.1, -0.05) is 28.8 Å². The predicted molar refractivity (Wildman–Crippen MR) is 86.9 cm³/mol. The lowest BCUT2D eigenvalue weighted by Gasteiger charge is -2.07. The standard InChI is InChI=1S/C16H22BrN3/c17-12-6-9-15-14(11-12)19-16(20(15)13-7-8-13)5-3-1-2-4-10-18/h6,9,11,13H,1-5,7-8,10,18H2. The number of hydrogen-bond acceptors (Lipinski definition) is 2. The lowest BCUT2D eigenvalue weighted by atomic mass is 10.1. The minimum absolute atomic E-state index is 0.695. The van der Waals surface area contributed by atoms with E-state index >= 15 is 0 Å². The summed E-state index contributed by atoms with van der Waals surface area (Å²) >= 11 is 3.54. The summed E-state index contributed by atoms with van der Waals surface area (Å²) in [7, 11) is 0. The van der Waals surface area contributed by atoms with Gasteiger partial charge in [-0.2, -0.15) is 0 Å². The topological polar surface area (TPSA) is 43.8 Å². The first kappa shape index (κ1) is 14.1. The number of hydrogen-bond donors (Lipinski definition) is 1. The van der Waals surface area contributed by atoms with Crippen molar-refractivity contribution < 1.29 is 0 Å². The average molecular weight is 336 g/mol. The highest BCUT2D eigenvalue weighted by atomic mass is 79.9. The SMILES string of the molecule is NCCCCCCc1nc2cc(Br)ccc2n1C1CC1. The Bertz CT molecular complexity index is 587. The largest absolute Gasteiger partial charge is 0.330 e. The molecule has 20 heavy (non-hydrogen) atoms. The van der Waals surface area contributed by atoms with Crippen molar-refractivity contribution in [2.24, 2.45) is 5.73 Å². The van der Waals surface area contributed by atoms with E-state index in [1.165, 1.54) is 43.4 Å². The van der Waals surface area contributed by atoms with Crippen LogP contribution in [0.5, 0.6) is 0 Å². The molecule has 0 bridgehead atoms. The van der Waals surface area contributed by atoms with Crippen molar-refractivity contribution >= 4 is 27.0 Å². The van der Waals surface area contributed by atoms with E-state index in [2.05, 4.69) is 38.7 Å². The molecule has 1 heterocycles. The monoisotopic (exact) mass is 335 g/mol. The number of unbranched alkanes of at least 4 members (excludes halogenated alkanes) is 3. The van der Waals surface area contributed by atoms with Gasteiger partial charge in [0.25, 0.3) is 0 Å². The molecule has 0 amide bonds. The van der Waals surface area contributed by atoms with E-state index < -0.39 is 0 Å². The van der Waals surface area contributed by atoms with Crippen LogP contribution < -0.4 is 5.73 Å². The normalized spacial score (nSPS) is 15.1. The Hall–Kier alpha value is -0.870. The molecule has 2 aromatic rings. The first-order chi connectivity index (χ1) is 9.79. The fourth-order valence-electron chi connectivity index (χ4n) is 2.82. The molecule has 1 aliphatic rings. The third-order valence-electron chi connectivity index (χ3n) is 3.99. The Morgan fingerprint density at radius 1 is 1.20 bits per heavy atom. The van der Waals surface area contributed by atoms with Crippen LogP contribution in [0.3, 0.4) is 0 Å². The number of imidazole rings is 1. The van der Waals surface area contributed by atoms with Crippen LogP contribution in [0.1, 0.15) is 50.4 Å². The van der Waals surface area contributed by atoms with E-state index in [1.54, 1.807) is 0 Å². The molecule has 0 aliphatic heterocycles. The molecule has 3 nitrogen and oxygen atoms in total. The highest BCUT2D eigenvalue weighted by molar-refractivity contribution is 9.10. The zero-order chi connectivity index (χ0) is 13.9. The summed E-state index contributed by atoms with van der Waals surface area (Å²) in [4.78, 5) is 4.86. The van der Waals surface area contributed by atoms with Gasteiger partial charge in [-0.15, -0.1) is 0 Å². The van der Waals surface area contributed by atoms with Crippen molar-refractivity contribution in [3.63, 3.8) is 0 Å². The molecular formula is C16H22BrN3. The van der Waals surface area contributed by atoms with Gasteiger partial charge in [0.1, 0.15) is 5.82 Å². The van der Waals surface area contributed by atoms with Crippen LogP contribution in [0.2, 0.25) is 0 Å². The van der Waals surface area contributed by atoms with Crippen LogP contribution in [0.25, 0.3) is 11.0 Å². The van der Waals surface area contributed by atoms with E-state index in [0.29, 0.717) is 6.04 Å². The number of fused-ring (bicyclic) bond motifs is 1. The maximum Gasteiger partial charge on any atom is 0.110 e. The molecule has 0 unspecified atom stereocenters. The van der Waals surface area contributed by atoms with E-state index in [-0.39, 0.29) is 0 Å². The summed E-state index contributed by atoms with van der Waals surface area (Å²) in [5.74, 6) is 1.27. The molecule has 108 valence electrons. The van der Waals surface area contributed by atoms with E-state index in [9.17, 15) is 0 Å². The van der Waals surface area contributed by atoms with Gasteiger partial charge in [0, 0.05) is 16.9 Å². The van der Waals surface area contributed by atoms with Crippen molar-refractivity contribution in [1.82, 2.24) is 9.55 Å². The van der Waals surface area contributed by atoms with Gasteiger partial charge >= 0.3 is 0 Å². The Labute approximate surface area is 128 Å².